The summed E-state index contributed by atoms with van der Waals surface area (Å²) in [5.41, 5.74) is -0.00275. The van der Waals surface area contributed by atoms with Crippen LogP contribution in [-0.2, 0) is 10.0 Å². The summed E-state index contributed by atoms with van der Waals surface area (Å²) in [6.07, 6.45) is 0. The number of sulfonamides is 1. The van der Waals surface area contributed by atoms with Gasteiger partial charge in [0.05, 0.1) is 5.75 Å². The average molecular weight is 249 g/mol. The molecular formula is C10H13F2NO2S. The molecule has 1 aromatic rings. The van der Waals surface area contributed by atoms with Crippen molar-refractivity contribution in [1.82, 2.24) is 4.72 Å². The van der Waals surface area contributed by atoms with Crippen LogP contribution in [-0.4, -0.2) is 14.2 Å². The third-order valence-corrected chi connectivity index (χ3v) is 3.63. The molecule has 1 rings (SSSR count). The number of nitrogens with one attached hydrogen (secondary N) is 1. The molecule has 6 heteroatoms. The highest BCUT2D eigenvalue weighted by molar-refractivity contribution is 7.89. The van der Waals surface area contributed by atoms with Crippen LogP contribution < -0.4 is 4.72 Å². The van der Waals surface area contributed by atoms with E-state index in [4.69, 9.17) is 0 Å². The summed E-state index contributed by atoms with van der Waals surface area (Å²) < 4.78 is 50.9. The topological polar surface area (TPSA) is 46.2 Å². The first kappa shape index (κ1) is 13.1. The van der Waals surface area contributed by atoms with Gasteiger partial charge in [0, 0.05) is 11.6 Å². The quantitative estimate of drug-likeness (QED) is 0.886. The lowest BCUT2D eigenvalue weighted by atomic mass is 10.1. The van der Waals surface area contributed by atoms with Crippen LogP contribution in [0.25, 0.3) is 0 Å². The summed E-state index contributed by atoms with van der Waals surface area (Å²) in [5.74, 6) is -1.33. The Bertz CT molecular complexity index is 474. The maximum atomic E-state index is 13.3. The molecule has 1 unspecified atom stereocenters. The molecule has 16 heavy (non-hydrogen) atoms. The predicted molar refractivity (Wildman–Crippen MR) is 57.4 cm³/mol. The molecule has 0 radical (unpaired) electrons. The van der Waals surface area contributed by atoms with E-state index < -0.39 is 27.7 Å². The van der Waals surface area contributed by atoms with Crippen molar-refractivity contribution in [3.63, 3.8) is 0 Å². The van der Waals surface area contributed by atoms with Gasteiger partial charge in [-0.25, -0.2) is 21.9 Å². The van der Waals surface area contributed by atoms with E-state index in [2.05, 4.69) is 4.72 Å². The van der Waals surface area contributed by atoms with Gasteiger partial charge in [-0.05, 0) is 32.0 Å². The Morgan fingerprint density at radius 3 is 2.56 bits per heavy atom. The largest absolute Gasteiger partial charge is 0.212 e. The van der Waals surface area contributed by atoms with E-state index in [9.17, 15) is 17.2 Å². The second kappa shape index (κ2) is 4.88. The fourth-order valence-electron chi connectivity index (χ4n) is 1.26. The van der Waals surface area contributed by atoms with Gasteiger partial charge in [0.25, 0.3) is 0 Å². The molecule has 0 saturated carbocycles. The van der Waals surface area contributed by atoms with Crippen molar-refractivity contribution in [2.75, 3.05) is 5.75 Å². The molecule has 0 aliphatic rings. The van der Waals surface area contributed by atoms with Gasteiger partial charge in [-0.3, -0.25) is 0 Å². The molecule has 3 nitrogen and oxygen atoms in total. The Balaban J connectivity index is 2.97. The van der Waals surface area contributed by atoms with Crippen LogP contribution >= 0.6 is 0 Å². The molecular weight excluding hydrogens is 236 g/mol. The van der Waals surface area contributed by atoms with E-state index in [1.807, 2.05) is 0 Å². The third kappa shape index (κ3) is 3.24. The molecule has 0 fully saturated rings. The van der Waals surface area contributed by atoms with Crippen LogP contribution in [0.2, 0.25) is 0 Å². The zero-order valence-electron chi connectivity index (χ0n) is 9.00. The van der Waals surface area contributed by atoms with E-state index in [0.717, 1.165) is 18.2 Å². The molecule has 1 atom stereocenters. The smallest absolute Gasteiger partial charge is 0.211 e. The molecule has 1 N–H and O–H groups in total. The molecule has 1 aromatic carbocycles. The Morgan fingerprint density at radius 2 is 2.00 bits per heavy atom. The third-order valence-electron chi connectivity index (χ3n) is 2.16. The minimum Gasteiger partial charge on any atom is -0.212 e. The SMILES string of the molecule is CCS(=O)(=O)NC(C)c1cc(F)ccc1F. The van der Waals surface area contributed by atoms with Crippen molar-refractivity contribution in [3.8, 4) is 0 Å². The second-order valence-corrected chi connectivity index (χ2v) is 5.45. The molecule has 0 spiro atoms. The van der Waals surface area contributed by atoms with Gasteiger partial charge >= 0.3 is 0 Å². The Kier molecular flexibility index (Phi) is 3.98. The van der Waals surface area contributed by atoms with Crippen LogP contribution in [0.4, 0.5) is 8.78 Å². The molecule has 90 valence electrons. The highest BCUT2D eigenvalue weighted by atomic mass is 32.2. The normalized spacial score (nSPS) is 13.8. The van der Waals surface area contributed by atoms with Gasteiger partial charge in [0.15, 0.2) is 0 Å². The van der Waals surface area contributed by atoms with Crippen molar-refractivity contribution in [1.29, 1.82) is 0 Å². The number of hydrogen-bond donors (Lipinski definition) is 1. The summed E-state index contributed by atoms with van der Waals surface area (Å²) in [6, 6.07) is 2.15. The molecule has 0 heterocycles. The van der Waals surface area contributed by atoms with Crippen molar-refractivity contribution in [2.24, 2.45) is 0 Å². The molecule has 0 aromatic heterocycles. The first-order valence-corrected chi connectivity index (χ1v) is 6.46. The fraction of sp³-hybridized carbons (Fsp3) is 0.400. The number of benzene rings is 1. The number of halogens is 2. The first-order valence-electron chi connectivity index (χ1n) is 4.80. The second-order valence-electron chi connectivity index (χ2n) is 3.41. The maximum Gasteiger partial charge on any atom is 0.211 e. The molecule has 0 saturated heterocycles. The lowest BCUT2D eigenvalue weighted by Crippen LogP contribution is -2.28. The van der Waals surface area contributed by atoms with Crippen LogP contribution in [0.15, 0.2) is 18.2 Å². The monoisotopic (exact) mass is 249 g/mol. The molecule has 0 aliphatic heterocycles. The lowest BCUT2D eigenvalue weighted by molar-refractivity contribution is 0.542. The van der Waals surface area contributed by atoms with Crippen LogP contribution in [0, 0.1) is 11.6 Å². The minimum atomic E-state index is -3.44. The van der Waals surface area contributed by atoms with Crippen molar-refractivity contribution >= 4 is 10.0 Å². The van der Waals surface area contributed by atoms with Crippen molar-refractivity contribution < 1.29 is 17.2 Å². The summed E-state index contributed by atoms with van der Waals surface area (Å²) in [5, 5.41) is 0. The minimum absolute atomic E-state index is 0.00275. The Hall–Kier alpha value is -1.01. The maximum absolute atomic E-state index is 13.3. The van der Waals surface area contributed by atoms with Gasteiger partial charge in [0.1, 0.15) is 11.6 Å². The van der Waals surface area contributed by atoms with Gasteiger partial charge < -0.3 is 0 Å². The molecule has 0 amide bonds. The van der Waals surface area contributed by atoms with Crippen molar-refractivity contribution in [2.45, 2.75) is 19.9 Å². The van der Waals surface area contributed by atoms with Gasteiger partial charge in [0.2, 0.25) is 10.0 Å². The van der Waals surface area contributed by atoms with E-state index in [1.54, 1.807) is 0 Å². The summed E-state index contributed by atoms with van der Waals surface area (Å²) >= 11 is 0. The van der Waals surface area contributed by atoms with Gasteiger partial charge in [-0.2, -0.15) is 0 Å². The number of rotatable bonds is 4. The summed E-state index contributed by atoms with van der Waals surface area (Å²) in [4.78, 5) is 0. The highest BCUT2D eigenvalue weighted by Crippen LogP contribution is 2.18. The zero-order chi connectivity index (χ0) is 12.3. The number of hydrogen-bond acceptors (Lipinski definition) is 2. The lowest BCUT2D eigenvalue weighted by Gasteiger charge is -2.14. The van der Waals surface area contributed by atoms with E-state index >= 15 is 0 Å². The average Bonchev–Trinajstić information content (AvgIpc) is 2.21. The summed E-state index contributed by atoms with van der Waals surface area (Å²) in [7, 11) is -3.44. The fourth-order valence-corrected chi connectivity index (χ4v) is 2.09. The summed E-state index contributed by atoms with van der Waals surface area (Å²) in [6.45, 7) is 2.93. The zero-order valence-corrected chi connectivity index (χ0v) is 9.81. The van der Waals surface area contributed by atoms with Gasteiger partial charge in [-0.1, -0.05) is 0 Å². The van der Waals surface area contributed by atoms with E-state index in [-0.39, 0.29) is 11.3 Å². The molecule has 0 aliphatic carbocycles. The van der Waals surface area contributed by atoms with Crippen LogP contribution in [0.1, 0.15) is 25.5 Å². The van der Waals surface area contributed by atoms with E-state index in [1.165, 1.54) is 13.8 Å². The van der Waals surface area contributed by atoms with Crippen LogP contribution in [0.3, 0.4) is 0 Å². The molecule has 0 bridgehead atoms. The first-order chi connectivity index (χ1) is 7.35. The van der Waals surface area contributed by atoms with Gasteiger partial charge in [-0.15, -0.1) is 0 Å². The standard InChI is InChI=1S/C10H13F2NO2S/c1-3-16(14,15)13-7(2)9-6-8(11)4-5-10(9)12/h4-7,13H,3H2,1-2H3. The van der Waals surface area contributed by atoms with Crippen LogP contribution in [0.5, 0.6) is 0 Å². The Morgan fingerprint density at radius 1 is 1.38 bits per heavy atom. The highest BCUT2D eigenvalue weighted by Gasteiger charge is 2.17. The predicted octanol–water partition coefficient (Wildman–Crippen LogP) is 1.97. The van der Waals surface area contributed by atoms with E-state index in [0.29, 0.717) is 0 Å². The van der Waals surface area contributed by atoms with Crippen molar-refractivity contribution in [3.05, 3.63) is 35.4 Å². The Labute approximate surface area is 93.5 Å².